The number of benzene rings is 2. The molecule has 5 N–H and O–H groups in total. The van der Waals surface area contributed by atoms with E-state index in [2.05, 4.69) is 45.8 Å². The Kier molecular flexibility index (Phi) is 9.51. The molecule has 2 amide bonds. The molecular formula is C40H54N6O6. The lowest BCUT2D eigenvalue weighted by Gasteiger charge is -2.39. The van der Waals surface area contributed by atoms with E-state index in [1.807, 2.05) is 19.1 Å². The standard InChI is InChI=1S/C40H54N6O6/c1-24-18-39(41)22-43-29-16-33(32(50-9)15-27(29)34(47)45(39)20-24)52-23-38(6,7)11-10-37(4,5)12-13-51-31-17-30-28(14-26(31)3)35(48)46-21-25(2)19-40(46,42)36(49)44(30)8/h14-17,22,36,49H,1-2,10-13,18-21,23,41-42H2,3-9H3/t36-,39-,40-/m0/s1. The summed E-state index contributed by atoms with van der Waals surface area (Å²) in [6.07, 6.45) is 3.96. The first-order valence-corrected chi connectivity index (χ1v) is 17.9. The number of carbonyl (C=O) groups is 2. The predicted molar refractivity (Wildman–Crippen MR) is 203 cm³/mol. The van der Waals surface area contributed by atoms with Crippen molar-refractivity contribution < 1.29 is 28.9 Å². The van der Waals surface area contributed by atoms with Crippen LogP contribution in [0.1, 0.15) is 86.1 Å². The molecule has 4 aliphatic rings. The molecule has 12 nitrogen and oxygen atoms in total. The van der Waals surface area contributed by atoms with E-state index < -0.39 is 17.6 Å². The van der Waals surface area contributed by atoms with Crippen LogP contribution >= 0.6 is 0 Å². The number of nitrogens with two attached hydrogens (primary N) is 2. The van der Waals surface area contributed by atoms with Crippen molar-refractivity contribution in [3.8, 4) is 17.2 Å². The molecule has 0 aromatic heterocycles. The van der Waals surface area contributed by atoms with Crippen LogP contribution in [-0.2, 0) is 0 Å². The minimum Gasteiger partial charge on any atom is -0.493 e. The average Bonchev–Trinajstić information content (AvgIpc) is 3.53. The molecular weight excluding hydrogens is 660 g/mol. The number of hydrogen-bond donors (Lipinski definition) is 3. The summed E-state index contributed by atoms with van der Waals surface area (Å²) in [5.74, 6) is 1.22. The lowest BCUT2D eigenvalue weighted by atomic mass is 9.78. The SMILES string of the molecule is C=C1CN2C(=O)c3cc(C)c(OCCC(C)(C)CCC(C)(C)COc4cc5c(cc4OC)C(=O)N4CC(=C)C[C@@]4(N)C=N5)cc3N(C)[C@@H](O)[C@]2(N)C1. The molecule has 280 valence electrons. The summed E-state index contributed by atoms with van der Waals surface area (Å²) >= 11 is 0. The van der Waals surface area contributed by atoms with E-state index in [0.717, 1.165) is 36.0 Å². The highest BCUT2D eigenvalue weighted by Crippen LogP contribution is 2.43. The summed E-state index contributed by atoms with van der Waals surface area (Å²) in [5, 5.41) is 11.3. The Morgan fingerprint density at radius 3 is 2.25 bits per heavy atom. The zero-order valence-electron chi connectivity index (χ0n) is 31.7. The summed E-state index contributed by atoms with van der Waals surface area (Å²) in [4.78, 5) is 36.5. The first kappa shape index (κ1) is 37.4. The maximum absolute atomic E-state index is 13.6. The van der Waals surface area contributed by atoms with Gasteiger partial charge in [0, 0.05) is 51.3 Å². The van der Waals surface area contributed by atoms with Crippen LogP contribution in [0.15, 0.2) is 53.6 Å². The highest BCUT2D eigenvalue weighted by Gasteiger charge is 2.52. The molecule has 2 aromatic rings. The van der Waals surface area contributed by atoms with E-state index in [0.29, 0.717) is 78.9 Å². The van der Waals surface area contributed by atoms with Crippen molar-refractivity contribution in [2.45, 2.75) is 84.3 Å². The van der Waals surface area contributed by atoms with Crippen LogP contribution in [0.3, 0.4) is 0 Å². The Morgan fingerprint density at radius 2 is 1.54 bits per heavy atom. The van der Waals surface area contributed by atoms with Crippen molar-refractivity contribution in [3.63, 3.8) is 0 Å². The molecule has 4 heterocycles. The van der Waals surface area contributed by atoms with Crippen LogP contribution in [0, 0.1) is 17.8 Å². The second-order valence-electron chi connectivity index (χ2n) is 16.7. The number of hydrogen-bond acceptors (Lipinski definition) is 10. The van der Waals surface area contributed by atoms with Gasteiger partial charge < -0.3 is 45.5 Å². The summed E-state index contributed by atoms with van der Waals surface area (Å²) in [6, 6.07) is 7.11. The topological polar surface area (TPSA) is 156 Å². The number of rotatable bonds is 11. The summed E-state index contributed by atoms with van der Waals surface area (Å²) in [7, 11) is 3.31. The molecule has 0 radical (unpaired) electrons. The molecule has 0 saturated carbocycles. The normalized spacial score (nSPS) is 24.3. The Morgan fingerprint density at radius 1 is 0.885 bits per heavy atom. The Hall–Kier alpha value is -4.39. The average molecular weight is 715 g/mol. The van der Waals surface area contributed by atoms with E-state index in [9.17, 15) is 14.7 Å². The number of likely N-dealkylation sites (N-methyl/N-ethyl adjacent to an activating group) is 1. The fraction of sp³-hybridized carbons (Fsp3) is 0.525. The van der Waals surface area contributed by atoms with Gasteiger partial charge in [0.25, 0.3) is 11.8 Å². The molecule has 4 aliphatic heterocycles. The number of nitrogens with zero attached hydrogens (tertiary/aromatic N) is 4. The Labute approximate surface area is 307 Å². The number of methoxy groups -OCH3 is 1. The van der Waals surface area contributed by atoms with Crippen LogP contribution in [0.2, 0.25) is 0 Å². The minimum atomic E-state index is -1.25. The first-order chi connectivity index (χ1) is 24.3. The largest absolute Gasteiger partial charge is 0.493 e. The monoisotopic (exact) mass is 714 g/mol. The van der Waals surface area contributed by atoms with Gasteiger partial charge in [0.05, 0.1) is 42.8 Å². The number of aliphatic imine (C=N–C) groups is 1. The van der Waals surface area contributed by atoms with Crippen molar-refractivity contribution in [2.75, 3.05) is 45.4 Å². The fourth-order valence-electron chi connectivity index (χ4n) is 7.63. The number of carbonyl (C=O) groups excluding carboxylic acids is 2. The maximum atomic E-state index is 13.6. The van der Waals surface area contributed by atoms with E-state index in [1.165, 1.54) is 4.90 Å². The van der Waals surface area contributed by atoms with Gasteiger partial charge in [0.1, 0.15) is 17.1 Å². The van der Waals surface area contributed by atoms with Crippen LogP contribution in [0.25, 0.3) is 0 Å². The fourth-order valence-corrected chi connectivity index (χ4v) is 7.63. The van der Waals surface area contributed by atoms with Crippen molar-refractivity contribution in [3.05, 3.63) is 65.3 Å². The summed E-state index contributed by atoms with van der Waals surface area (Å²) < 4.78 is 18.3. The van der Waals surface area contributed by atoms with Gasteiger partial charge in [-0.1, -0.05) is 52.0 Å². The maximum Gasteiger partial charge on any atom is 0.258 e. The lowest BCUT2D eigenvalue weighted by Crippen LogP contribution is -2.64. The number of anilines is 1. The number of aliphatic hydroxyl groups excluding tert-OH is 1. The zero-order valence-corrected chi connectivity index (χ0v) is 31.7. The number of aliphatic hydroxyl groups is 1. The Bertz CT molecular complexity index is 1850. The summed E-state index contributed by atoms with van der Waals surface area (Å²) in [6.45, 7) is 20.4. The van der Waals surface area contributed by atoms with Gasteiger partial charge in [-0.2, -0.15) is 0 Å². The van der Waals surface area contributed by atoms with E-state index in [1.54, 1.807) is 42.3 Å². The third kappa shape index (κ3) is 6.79. The number of amides is 2. The number of aryl methyl sites for hydroxylation is 1. The van der Waals surface area contributed by atoms with Gasteiger partial charge in [0.15, 0.2) is 17.7 Å². The van der Waals surface area contributed by atoms with Crippen molar-refractivity contribution in [2.24, 2.45) is 27.3 Å². The third-order valence-electron chi connectivity index (χ3n) is 11.1. The predicted octanol–water partition coefficient (Wildman–Crippen LogP) is 5.28. The smallest absolute Gasteiger partial charge is 0.258 e. The number of ether oxygens (including phenoxy) is 3. The second-order valence-corrected chi connectivity index (χ2v) is 16.7. The van der Waals surface area contributed by atoms with Gasteiger partial charge in [-0.15, -0.1) is 0 Å². The molecule has 12 heteroatoms. The molecule has 2 fully saturated rings. The van der Waals surface area contributed by atoms with E-state index in [4.69, 9.17) is 25.7 Å². The third-order valence-corrected chi connectivity index (χ3v) is 11.1. The van der Waals surface area contributed by atoms with Crippen LogP contribution in [0.4, 0.5) is 11.4 Å². The van der Waals surface area contributed by atoms with Crippen LogP contribution in [-0.4, -0.2) is 90.9 Å². The van der Waals surface area contributed by atoms with Crippen LogP contribution in [0.5, 0.6) is 17.2 Å². The molecule has 6 rings (SSSR count). The lowest BCUT2D eigenvalue weighted by molar-refractivity contribution is 0.00488. The highest BCUT2D eigenvalue weighted by atomic mass is 16.5. The van der Waals surface area contributed by atoms with E-state index >= 15 is 0 Å². The highest BCUT2D eigenvalue weighted by molar-refractivity contribution is 6.05. The minimum absolute atomic E-state index is 0.0351. The molecule has 3 atom stereocenters. The van der Waals surface area contributed by atoms with Gasteiger partial charge in [-0.25, -0.2) is 0 Å². The van der Waals surface area contributed by atoms with E-state index in [-0.39, 0.29) is 22.6 Å². The Balaban J connectivity index is 1.06. The molecule has 0 bridgehead atoms. The molecule has 0 unspecified atom stereocenters. The second kappa shape index (κ2) is 13.2. The van der Waals surface area contributed by atoms with Crippen molar-refractivity contribution >= 4 is 29.4 Å². The molecule has 2 aromatic carbocycles. The summed E-state index contributed by atoms with van der Waals surface area (Å²) in [5.41, 5.74) is 15.3. The molecule has 52 heavy (non-hydrogen) atoms. The zero-order chi connectivity index (χ0) is 38.0. The van der Waals surface area contributed by atoms with Gasteiger partial charge in [-0.05, 0) is 54.7 Å². The number of fused-ring (bicyclic) bond motifs is 4. The quantitative estimate of drug-likeness (QED) is 0.264. The first-order valence-electron chi connectivity index (χ1n) is 17.9. The van der Waals surface area contributed by atoms with Crippen molar-refractivity contribution in [1.82, 2.24) is 9.80 Å². The van der Waals surface area contributed by atoms with Gasteiger partial charge in [-0.3, -0.25) is 14.6 Å². The molecule has 0 spiro atoms. The molecule has 2 saturated heterocycles. The van der Waals surface area contributed by atoms with Crippen molar-refractivity contribution in [1.29, 1.82) is 0 Å². The van der Waals surface area contributed by atoms with Gasteiger partial charge >= 0.3 is 0 Å². The molecule has 0 aliphatic carbocycles. The van der Waals surface area contributed by atoms with Crippen LogP contribution < -0.4 is 30.6 Å². The van der Waals surface area contributed by atoms with Gasteiger partial charge in [0.2, 0.25) is 0 Å².